The maximum absolute atomic E-state index is 9.52. The third-order valence-corrected chi connectivity index (χ3v) is 2.97. The van der Waals surface area contributed by atoms with Crippen LogP contribution in [0.4, 0.5) is 0 Å². The van der Waals surface area contributed by atoms with Gasteiger partial charge in [0.25, 0.3) is 0 Å². The molecule has 1 aliphatic rings. The monoisotopic (exact) mass is 192 g/mol. The standard InChI is InChI=1S/C8H16O5/c1-3-5(8(12)13)7(11)4(2-9)6(3)10/h3-13H,2H2,1H3. The van der Waals surface area contributed by atoms with Gasteiger partial charge in [-0.05, 0) is 5.92 Å². The molecule has 0 heterocycles. The molecule has 0 aromatic heterocycles. The van der Waals surface area contributed by atoms with Crippen molar-refractivity contribution >= 4 is 0 Å². The first kappa shape index (κ1) is 10.9. The molecule has 0 aromatic rings. The Balaban J connectivity index is 2.78. The van der Waals surface area contributed by atoms with E-state index in [1.165, 1.54) is 0 Å². The zero-order valence-corrected chi connectivity index (χ0v) is 7.41. The van der Waals surface area contributed by atoms with Crippen molar-refractivity contribution in [1.82, 2.24) is 0 Å². The molecule has 1 saturated carbocycles. The van der Waals surface area contributed by atoms with Crippen molar-refractivity contribution in [2.24, 2.45) is 17.8 Å². The molecule has 5 atom stereocenters. The Labute approximate surface area is 76.3 Å². The summed E-state index contributed by atoms with van der Waals surface area (Å²) in [5, 5.41) is 45.7. The fourth-order valence-electron chi connectivity index (χ4n) is 2.08. The average molecular weight is 192 g/mol. The first-order chi connectivity index (χ1) is 6.00. The fraction of sp³-hybridized carbons (Fsp3) is 1.00. The van der Waals surface area contributed by atoms with Gasteiger partial charge in [-0.15, -0.1) is 0 Å². The second kappa shape index (κ2) is 3.89. The number of aliphatic hydroxyl groups excluding tert-OH is 4. The molecule has 0 aromatic carbocycles. The summed E-state index contributed by atoms with van der Waals surface area (Å²) >= 11 is 0. The van der Waals surface area contributed by atoms with E-state index in [4.69, 9.17) is 15.3 Å². The van der Waals surface area contributed by atoms with Crippen LogP contribution in [0.2, 0.25) is 0 Å². The summed E-state index contributed by atoms with van der Waals surface area (Å²) in [5.74, 6) is -1.89. The first-order valence-electron chi connectivity index (χ1n) is 4.33. The highest BCUT2D eigenvalue weighted by Crippen LogP contribution is 2.38. The van der Waals surface area contributed by atoms with Crippen LogP contribution in [0.5, 0.6) is 0 Å². The Morgan fingerprint density at radius 1 is 1.15 bits per heavy atom. The molecule has 5 nitrogen and oxygen atoms in total. The predicted molar refractivity (Wildman–Crippen MR) is 43.5 cm³/mol. The second-order valence-corrected chi connectivity index (χ2v) is 3.68. The molecular weight excluding hydrogens is 176 g/mol. The van der Waals surface area contributed by atoms with Crippen molar-refractivity contribution < 1.29 is 25.5 Å². The summed E-state index contributed by atoms with van der Waals surface area (Å²) in [4.78, 5) is 0. The van der Waals surface area contributed by atoms with Gasteiger partial charge < -0.3 is 25.5 Å². The molecule has 0 saturated heterocycles. The molecule has 78 valence electrons. The minimum Gasteiger partial charge on any atom is -0.396 e. The van der Waals surface area contributed by atoms with Crippen LogP contribution < -0.4 is 0 Å². The summed E-state index contributed by atoms with van der Waals surface area (Å²) in [6.45, 7) is 1.27. The van der Waals surface area contributed by atoms with Crippen LogP contribution >= 0.6 is 0 Å². The molecule has 0 radical (unpaired) electrons. The maximum Gasteiger partial charge on any atom is 0.157 e. The van der Waals surface area contributed by atoms with Crippen molar-refractivity contribution in [2.75, 3.05) is 6.61 Å². The quantitative estimate of drug-likeness (QED) is 0.322. The summed E-state index contributed by atoms with van der Waals surface area (Å²) in [6.07, 6.45) is -3.60. The maximum atomic E-state index is 9.52. The van der Waals surface area contributed by atoms with Gasteiger partial charge in [-0.1, -0.05) is 6.92 Å². The number of hydrogen-bond acceptors (Lipinski definition) is 5. The van der Waals surface area contributed by atoms with Crippen LogP contribution in [0.15, 0.2) is 0 Å². The van der Waals surface area contributed by atoms with Crippen molar-refractivity contribution in [3.8, 4) is 0 Å². The highest BCUT2D eigenvalue weighted by atomic mass is 16.5. The van der Waals surface area contributed by atoms with Crippen molar-refractivity contribution in [3.63, 3.8) is 0 Å². The smallest absolute Gasteiger partial charge is 0.157 e. The van der Waals surface area contributed by atoms with Gasteiger partial charge >= 0.3 is 0 Å². The molecule has 13 heavy (non-hydrogen) atoms. The van der Waals surface area contributed by atoms with E-state index in [1.807, 2.05) is 0 Å². The van der Waals surface area contributed by atoms with E-state index in [0.717, 1.165) is 0 Å². The van der Waals surface area contributed by atoms with E-state index in [1.54, 1.807) is 6.92 Å². The van der Waals surface area contributed by atoms with Gasteiger partial charge in [0.1, 0.15) is 0 Å². The topological polar surface area (TPSA) is 101 Å². The van der Waals surface area contributed by atoms with Crippen molar-refractivity contribution in [3.05, 3.63) is 0 Å². The van der Waals surface area contributed by atoms with Crippen LogP contribution in [0.3, 0.4) is 0 Å². The third kappa shape index (κ3) is 1.70. The van der Waals surface area contributed by atoms with Crippen LogP contribution in [0.1, 0.15) is 6.92 Å². The number of hydrogen-bond donors (Lipinski definition) is 5. The molecule has 1 rings (SSSR count). The van der Waals surface area contributed by atoms with Crippen molar-refractivity contribution in [2.45, 2.75) is 25.4 Å². The van der Waals surface area contributed by atoms with Crippen LogP contribution in [0, 0.1) is 17.8 Å². The van der Waals surface area contributed by atoms with Crippen molar-refractivity contribution in [1.29, 1.82) is 0 Å². The SMILES string of the molecule is CC1C(O)C(CO)C(O)C1C(O)O. The molecular formula is C8H16O5. The molecule has 5 unspecified atom stereocenters. The molecule has 0 spiro atoms. The summed E-state index contributed by atoms with van der Waals surface area (Å²) < 4.78 is 0. The fourth-order valence-corrected chi connectivity index (χ4v) is 2.08. The lowest BCUT2D eigenvalue weighted by Gasteiger charge is -2.21. The molecule has 0 bridgehead atoms. The van der Waals surface area contributed by atoms with E-state index >= 15 is 0 Å². The zero-order valence-electron chi connectivity index (χ0n) is 7.41. The van der Waals surface area contributed by atoms with Gasteiger partial charge in [0.05, 0.1) is 18.8 Å². The Hall–Kier alpha value is -0.200. The number of rotatable bonds is 2. The van der Waals surface area contributed by atoms with Gasteiger partial charge in [0, 0.05) is 11.8 Å². The molecule has 1 aliphatic carbocycles. The van der Waals surface area contributed by atoms with E-state index < -0.39 is 36.3 Å². The minimum atomic E-state index is -1.66. The third-order valence-electron chi connectivity index (χ3n) is 2.97. The highest BCUT2D eigenvalue weighted by molar-refractivity contribution is 4.96. The lowest BCUT2D eigenvalue weighted by Crippen LogP contribution is -2.33. The predicted octanol–water partition coefficient (Wildman–Crippen LogP) is -2.11. The number of aliphatic hydroxyl groups is 5. The highest BCUT2D eigenvalue weighted by Gasteiger charge is 2.49. The minimum absolute atomic E-state index is 0.351. The van der Waals surface area contributed by atoms with Gasteiger partial charge in [-0.2, -0.15) is 0 Å². The Bertz CT molecular complexity index is 172. The second-order valence-electron chi connectivity index (χ2n) is 3.68. The van der Waals surface area contributed by atoms with E-state index in [-0.39, 0.29) is 6.61 Å². The molecule has 5 heteroatoms. The first-order valence-corrected chi connectivity index (χ1v) is 4.33. The molecule has 0 aliphatic heterocycles. The van der Waals surface area contributed by atoms with Crippen LogP contribution in [-0.4, -0.2) is 50.6 Å². The molecule has 0 amide bonds. The Morgan fingerprint density at radius 3 is 1.92 bits per heavy atom. The summed E-state index contributed by atoms with van der Waals surface area (Å²) in [7, 11) is 0. The lowest BCUT2D eigenvalue weighted by molar-refractivity contribution is -0.125. The average Bonchev–Trinajstić information content (AvgIpc) is 2.24. The Kier molecular flexibility index (Phi) is 3.26. The molecule has 5 N–H and O–H groups in total. The lowest BCUT2D eigenvalue weighted by atomic mass is 9.95. The van der Waals surface area contributed by atoms with Gasteiger partial charge in [0.15, 0.2) is 6.29 Å². The van der Waals surface area contributed by atoms with E-state index in [9.17, 15) is 10.2 Å². The van der Waals surface area contributed by atoms with E-state index in [0.29, 0.717) is 0 Å². The zero-order chi connectivity index (χ0) is 10.2. The van der Waals surface area contributed by atoms with Gasteiger partial charge in [-0.3, -0.25) is 0 Å². The molecule has 1 fully saturated rings. The van der Waals surface area contributed by atoms with Crippen LogP contribution in [0.25, 0.3) is 0 Å². The van der Waals surface area contributed by atoms with Crippen LogP contribution in [-0.2, 0) is 0 Å². The Morgan fingerprint density at radius 2 is 1.69 bits per heavy atom. The largest absolute Gasteiger partial charge is 0.396 e. The van der Waals surface area contributed by atoms with Gasteiger partial charge in [0.2, 0.25) is 0 Å². The van der Waals surface area contributed by atoms with Gasteiger partial charge in [-0.25, -0.2) is 0 Å². The summed E-state index contributed by atoms with van der Waals surface area (Å²) in [6, 6.07) is 0. The normalized spacial score (nSPS) is 45.9. The summed E-state index contributed by atoms with van der Waals surface area (Å²) in [5.41, 5.74) is 0. The van der Waals surface area contributed by atoms with E-state index in [2.05, 4.69) is 0 Å².